The van der Waals surface area contributed by atoms with Gasteiger partial charge in [-0.25, -0.2) is 0 Å². The maximum Gasteiger partial charge on any atom is 0.0277 e. The quantitative estimate of drug-likeness (QED) is 0.843. The van der Waals surface area contributed by atoms with Crippen LogP contribution in [-0.2, 0) is 0 Å². The minimum absolute atomic E-state index is 0.335. The van der Waals surface area contributed by atoms with Gasteiger partial charge in [0.25, 0.3) is 0 Å². The highest BCUT2D eigenvalue weighted by molar-refractivity contribution is 4.93. The topological polar surface area (TPSA) is 18.5 Å². The zero-order chi connectivity index (χ0) is 13.9. The number of nitrogens with zero attached hydrogens (tertiary/aromatic N) is 2. The summed E-state index contributed by atoms with van der Waals surface area (Å²) >= 11 is 0. The monoisotopic (exact) mass is 267 g/mol. The number of piperazine rings is 1. The highest BCUT2D eigenvalue weighted by Gasteiger charge is 2.35. The van der Waals surface area contributed by atoms with Crippen molar-refractivity contribution >= 4 is 0 Å². The lowest BCUT2D eigenvalue weighted by molar-refractivity contribution is 0.00462. The molecule has 112 valence electrons. The molecule has 0 bridgehead atoms. The molecule has 2 fully saturated rings. The average Bonchev–Trinajstić information content (AvgIpc) is 2.40. The molecule has 1 heterocycles. The van der Waals surface area contributed by atoms with Gasteiger partial charge >= 0.3 is 0 Å². The summed E-state index contributed by atoms with van der Waals surface area (Å²) in [4.78, 5) is 5.28. The third kappa shape index (κ3) is 3.93. The van der Waals surface area contributed by atoms with Gasteiger partial charge < -0.3 is 5.32 Å². The van der Waals surface area contributed by atoms with Crippen molar-refractivity contribution in [3.8, 4) is 0 Å². The Morgan fingerprint density at radius 1 is 1.21 bits per heavy atom. The Hall–Kier alpha value is -0.120. The lowest BCUT2D eigenvalue weighted by Gasteiger charge is -2.49. The van der Waals surface area contributed by atoms with Gasteiger partial charge in [-0.05, 0) is 53.1 Å². The van der Waals surface area contributed by atoms with E-state index in [9.17, 15) is 0 Å². The van der Waals surface area contributed by atoms with Crippen LogP contribution in [0.5, 0.6) is 0 Å². The predicted molar refractivity (Wildman–Crippen MR) is 82.6 cm³/mol. The molecule has 0 radical (unpaired) electrons. The van der Waals surface area contributed by atoms with Crippen LogP contribution in [0.4, 0.5) is 0 Å². The molecule has 2 atom stereocenters. The maximum atomic E-state index is 3.73. The van der Waals surface area contributed by atoms with E-state index in [4.69, 9.17) is 0 Å². The van der Waals surface area contributed by atoms with Gasteiger partial charge in [-0.2, -0.15) is 0 Å². The molecule has 0 spiro atoms. The molecule has 2 rings (SSSR count). The van der Waals surface area contributed by atoms with E-state index in [1.54, 1.807) is 0 Å². The number of likely N-dealkylation sites (N-methyl/N-ethyl adjacent to an activating group) is 1. The summed E-state index contributed by atoms with van der Waals surface area (Å²) in [5.41, 5.74) is 0.335. The van der Waals surface area contributed by atoms with E-state index >= 15 is 0 Å². The summed E-state index contributed by atoms with van der Waals surface area (Å²) in [6.07, 6.45) is 6.80. The van der Waals surface area contributed by atoms with Crippen LogP contribution in [0.15, 0.2) is 0 Å². The van der Waals surface area contributed by atoms with Gasteiger partial charge in [-0.15, -0.1) is 0 Å². The molecule has 2 aliphatic rings. The van der Waals surface area contributed by atoms with E-state index < -0.39 is 0 Å². The smallest absolute Gasteiger partial charge is 0.0277 e. The summed E-state index contributed by atoms with van der Waals surface area (Å²) < 4.78 is 0. The standard InChI is InChI=1S/C16H33N3/c1-5-9-17-14-7-6-8-15(12-14)19-11-10-18(4)16(2,3)13-19/h14-15,17H,5-13H2,1-4H3. The zero-order valence-electron chi connectivity index (χ0n) is 13.4. The number of rotatable bonds is 4. The van der Waals surface area contributed by atoms with E-state index in [2.05, 4.69) is 42.9 Å². The molecule has 3 heteroatoms. The Morgan fingerprint density at radius 2 is 2.00 bits per heavy atom. The molecular formula is C16H33N3. The van der Waals surface area contributed by atoms with Crippen molar-refractivity contribution < 1.29 is 0 Å². The second-order valence-electron chi connectivity index (χ2n) is 7.18. The largest absolute Gasteiger partial charge is 0.314 e. The van der Waals surface area contributed by atoms with Crippen molar-refractivity contribution in [2.75, 3.05) is 33.2 Å². The number of nitrogens with one attached hydrogen (secondary N) is 1. The first-order chi connectivity index (χ1) is 9.03. The third-order valence-electron chi connectivity index (χ3n) is 5.19. The van der Waals surface area contributed by atoms with E-state index in [0.29, 0.717) is 5.54 Å². The average molecular weight is 267 g/mol. The molecule has 1 aliphatic carbocycles. The summed E-state index contributed by atoms with van der Waals surface area (Å²) in [6, 6.07) is 1.58. The molecule has 1 saturated heterocycles. The predicted octanol–water partition coefficient (Wildman–Crippen LogP) is 2.32. The van der Waals surface area contributed by atoms with Gasteiger partial charge in [-0.3, -0.25) is 9.80 Å². The fourth-order valence-electron chi connectivity index (χ4n) is 3.62. The van der Waals surface area contributed by atoms with Gasteiger partial charge in [0.05, 0.1) is 0 Å². The van der Waals surface area contributed by atoms with Crippen LogP contribution in [0.1, 0.15) is 52.9 Å². The van der Waals surface area contributed by atoms with Crippen molar-refractivity contribution in [3.05, 3.63) is 0 Å². The highest BCUT2D eigenvalue weighted by atomic mass is 15.3. The van der Waals surface area contributed by atoms with Gasteiger partial charge in [0, 0.05) is 37.3 Å². The lowest BCUT2D eigenvalue weighted by atomic mass is 9.88. The van der Waals surface area contributed by atoms with Crippen LogP contribution in [0, 0.1) is 0 Å². The molecule has 2 unspecified atom stereocenters. The summed E-state index contributed by atoms with van der Waals surface area (Å²) in [6.45, 7) is 11.9. The Balaban J connectivity index is 1.87. The molecule has 1 aliphatic heterocycles. The van der Waals surface area contributed by atoms with Crippen LogP contribution < -0.4 is 5.32 Å². The van der Waals surface area contributed by atoms with Gasteiger partial charge in [0.1, 0.15) is 0 Å². The fraction of sp³-hybridized carbons (Fsp3) is 1.00. The molecule has 1 N–H and O–H groups in total. The van der Waals surface area contributed by atoms with Crippen molar-refractivity contribution in [2.24, 2.45) is 0 Å². The second kappa shape index (κ2) is 6.55. The van der Waals surface area contributed by atoms with Crippen molar-refractivity contribution in [1.82, 2.24) is 15.1 Å². The second-order valence-corrected chi connectivity index (χ2v) is 7.18. The summed E-state index contributed by atoms with van der Waals surface area (Å²) in [5.74, 6) is 0. The first-order valence-corrected chi connectivity index (χ1v) is 8.21. The molecule has 0 aromatic carbocycles. The highest BCUT2D eigenvalue weighted by Crippen LogP contribution is 2.28. The minimum Gasteiger partial charge on any atom is -0.314 e. The van der Waals surface area contributed by atoms with E-state index in [0.717, 1.165) is 12.1 Å². The lowest BCUT2D eigenvalue weighted by Crippen LogP contribution is -2.60. The maximum absolute atomic E-state index is 3.73. The van der Waals surface area contributed by atoms with Crippen molar-refractivity contribution in [1.29, 1.82) is 0 Å². The van der Waals surface area contributed by atoms with E-state index in [1.807, 2.05) is 0 Å². The number of hydrogen-bond donors (Lipinski definition) is 1. The SMILES string of the molecule is CCCNC1CCCC(N2CCN(C)C(C)(C)C2)C1. The molecule has 0 aromatic heterocycles. The number of hydrogen-bond acceptors (Lipinski definition) is 3. The summed E-state index contributed by atoms with van der Waals surface area (Å²) in [7, 11) is 2.27. The minimum atomic E-state index is 0.335. The van der Waals surface area contributed by atoms with Crippen LogP contribution in [0.3, 0.4) is 0 Å². The van der Waals surface area contributed by atoms with Gasteiger partial charge in [-0.1, -0.05) is 13.3 Å². The first kappa shape index (κ1) is 15.3. The van der Waals surface area contributed by atoms with Crippen LogP contribution in [-0.4, -0.2) is 60.6 Å². The first-order valence-electron chi connectivity index (χ1n) is 8.21. The molecule has 0 aromatic rings. The third-order valence-corrected chi connectivity index (χ3v) is 5.19. The molecule has 3 nitrogen and oxygen atoms in total. The molecular weight excluding hydrogens is 234 g/mol. The Morgan fingerprint density at radius 3 is 2.68 bits per heavy atom. The molecule has 0 amide bonds. The fourth-order valence-corrected chi connectivity index (χ4v) is 3.62. The van der Waals surface area contributed by atoms with Crippen molar-refractivity contribution in [3.63, 3.8) is 0 Å². The molecule has 19 heavy (non-hydrogen) atoms. The van der Waals surface area contributed by atoms with E-state index in [1.165, 1.54) is 58.3 Å². The van der Waals surface area contributed by atoms with Gasteiger partial charge in [0.15, 0.2) is 0 Å². The molecule has 1 saturated carbocycles. The normalized spacial score (nSPS) is 33.5. The van der Waals surface area contributed by atoms with Gasteiger partial charge in [0.2, 0.25) is 0 Å². The van der Waals surface area contributed by atoms with Crippen LogP contribution >= 0.6 is 0 Å². The Kier molecular flexibility index (Phi) is 5.27. The Bertz CT molecular complexity index is 277. The van der Waals surface area contributed by atoms with Crippen LogP contribution in [0.25, 0.3) is 0 Å². The zero-order valence-corrected chi connectivity index (χ0v) is 13.4. The van der Waals surface area contributed by atoms with Crippen LogP contribution in [0.2, 0.25) is 0 Å². The van der Waals surface area contributed by atoms with Crippen molar-refractivity contribution in [2.45, 2.75) is 70.5 Å². The Labute approximate surface area is 119 Å². The summed E-state index contributed by atoms with van der Waals surface area (Å²) in [5, 5.41) is 3.73. The van der Waals surface area contributed by atoms with E-state index in [-0.39, 0.29) is 0 Å².